The van der Waals surface area contributed by atoms with E-state index < -0.39 is 53.1 Å². The molecule has 3 aromatic carbocycles. The molecule has 1 N–H and O–H groups in total. The lowest BCUT2D eigenvalue weighted by Gasteiger charge is -2.45. The van der Waals surface area contributed by atoms with Gasteiger partial charge in [0.1, 0.15) is 17.5 Å². The number of unbranched alkanes of at least 4 members (excludes halogenated alkanes) is 1. The van der Waals surface area contributed by atoms with E-state index in [0.29, 0.717) is 12.8 Å². The lowest BCUT2D eigenvalue weighted by atomic mass is 9.55. The number of carbonyl (C=O) groups is 4. The van der Waals surface area contributed by atoms with Crippen molar-refractivity contribution in [1.82, 2.24) is 4.90 Å². The summed E-state index contributed by atoms with van der Waals surface area (Å²) in [4.78, 5) is 66.4. The van der Waals surface area contributed by atoms with Crippen LogP contribution >= 0.6 is 0 Å². The Hall–Kier alpha value is -5.06. The Kier molecular flexibility index (Phi) is 7.62. The Morgan fingerprint density at radius 2 is 1.48 bits per heavy atom. The smallest absolute Gasteiger partial charge is 0.329 e. The third-order valence-electron chi connectivity index (χ3n) is 8.92. The van der Waals surface area contributed by atoms with Crippen LogP contribution in [0.15, 0.2) is 66.7 Å². The van der Waals surface area contributed by atoms with Gasteiger partial charge in [0.2, 0.25) is 11.8 Å². The first-order chi connectivity index (χ1) is 21.3. The molecule has 3 amide bonds. The second-order valence-corrected chi connectivity index (χ2v) is 11.3. The number of esters is 1. The van der Waals surface area contributed by atoms with Crippen molar-refractivity contribution < 1.29 is 33.6 Å². The molecular formula is C33H31N3O8. The molecule has 226 valence electrons. The van der Waals surface area contributed by atoms with Crippen LogP contribution in [0.4, 0.5) is 11.4 Å². The van der Waals surface area contributed by atoms with Gasteiger partial charge in [-0.15, -0.1) is 0 Å². The van der Waals surface area contributed by atoms with Crippen LogP contribution in [0.25, 0.3) is 0 Å². The third-order valence-corrected chi connectivity index (χ3v) is 8.92. The molecule has 0 saturated carbocycles. The molecule has 0 spiro atoms. The molecular weight excluding hydrogens is 566 g/mol. The monoisotopic (exact) mass is 597 g/mol. The summed E-state index contributed by atoms with van der Waals surface area (Å²) < 4.78 is 10.4. The highest BCUT2D eigenvalue weighted by Gasteiger charge is 2.63. The van der Waals surface area contributed by atoms with E-state index >= 15 is 0 Å². The number of hydrogen-bond acceptors (Lipinski definition) is 8. The molecule has 0 radical (unpaired) electrons. The fourth-order valence-electron chi connectivity index (χ4n) is 7.08. The predicted octanol–water partition coefficient (Wildman–Crippen LogP) is 4.54. The Bertz CT molecular complexity index is 1570. The number of rotatable bonds is 10. The first kappa shape index (κ1) is 29.0. The average molecular weight is 598 g/mol. The maximum atomic E-state index is 14.2. The number of anilines is 1. The Balaban J connectivity index is 1.24. The van der Waals surface area contributed by atoms with Crippen molar-refractivity contribution in [2.75, 3.05) is 19.0 Å². The number of ether oxygens (including phenoxy) is 2. The number of nitro groups is 1. The van der Waals surface area contributed by atoms with E-state index in [9.17, 15) is 29.3 Å². The largest absolute Gasteiger partial charge is 0.497 e. The molecule has 3 atom stereocenters. The number of hydrogen-bond donors (Lipinski definition) is 1. The van der Waals surface area contributed by atoms with Gasteiger partial charge < -0.3 is 14.8 Å². The minimum atomic E-state index is -1.20. The van der Waals surface area contributed by atoms with Crippen molar-refractivity contribution in [1.29, 1.82) is 0 Å². The van der Waals surface area contributed by atoms with E-state index in [0.717, 1.165) is 27.2 Å². The molecule has 3 aliphatic carbocycles. The van der Waals surface area contributed by atoms with Crippen molar-refractivity contribution in [3.05, 3.63) is 99.1 Å². The standard InChI is InChI=1S/C33H31N3O8/c1-3-4-13-25(33(40)44-17-26(37)34-23-16-18(43-2)14-15-24(23)36(41)42)35-31(38)29-27-19-9-5-6-10-20(19)28(30(29)32(35)39)22-12-8-7-11-21(22)27/h5-12,14-16,25,27-30H,3-4,13,17H2,1-2H3,(H,34,37)/t25-,27?,28?,29+,30+/m1/s1. The quantitative estimate of drug-likeness (QED) is 0.155. The zero-order valence-corrected chi connectivity index (χ0v) is 24.2. The lowest BCUT2D eigenvalue weighted by molar-refractivity contribution is -0.383. The molecule has 11 nitrogen and oxygen atoms in total. The summed E-state index contributed by atoms with van der Waals surface area (Å²) in [7, 11) is 1.38. The lowest BCUT2D eigenvalue weighted by Crippen LogP contribution is -2.47. The van der Waals surface area contributed by atoms with Crippen LogP contribution in [-0.2, 0) is 23.9 Å². The Labute approximate surface area is 253 Å². The van der Waals surface area contributed by atoms with Gasteiger partial charge in [-0.2, -0.15) is 0 Å². The SMILES string of the molecule is CCCC[C@H](C(=O)OCC(=O)Nc1cc(OC)ccc1[N+](=O)[O-])N1C(=O)[C@H]2C3c4ccccc4C(c4ccccc43)[C@@H]2C1=O. The van der Waals surface area contributed by atoms with E-state index in [1.807, 2.05) is 55.5 Å². The highest BCUT2D eigenvalue weighted by Crippen LogP contribution is 2.61. The van der Waals surface area contributed by atoms with Crippen molar-refractivity contribution in [2.45, 2.75) is 44.1 Å². The summed E-state index contributed by atoms with van der Waals surface area (Å²) in [5, 5.41) is 13.8. The van der Waals surface area contributed by atoms with E-state index in [1.54, 1.807) is 0 Å². The number of nitro benzene ring substituents is 1. The van der Waals surface area contributed by atoms with Crippen LogP contribution in [-0.4, -0.2) is 53.3 Å². The summed E-state index contributed by atoms with van der Waals surface area (Å²) in [5.41, 5.74) is 3.61. The van der Waals surface area contributed by atoms with Gasteiger partial charge in [-0.05, 0) is 34.7 Å². The van der Waals surface area contributed by atoms with Gasteiger partial charge in [-0.1, -0.05) is 68.3 Å². The molecule has 1 fully saturated rings. The third kappa shape index (κ3) is 4.68. The number of carbonyl (C=O) groups excluding carboxylic acids is 4. The number of nitrogens with zero attached hydrogens (tertiary/aromatic N) is 2. The normalized spacial score (nSPS) is 21.6. The topological polar surface area (TPSA) is 145 Å². The summed E-state index contributed by atoms with van der Waals surface area (Å²) in [6.07, 6.45) is 1.43. The molecule has 4 aliphatic rings. The van der Waals surface area contributed by atoms with Gasteiger partial charge in [0.05, 0.1) is 23.9 Å². The highest BCUT2D eigenvalue weighted by molar-refractivity contribution is 6.10. The number of nitrogens with one attached hydrogen (secondary N) is 1. The van der Waals surface area contributed by atoms with Crippen LogP contribution in [0.2, 0.25) is 0 Å². The fraction of sp³-hybridized carbons (Fsp3) is 0.333. The van der Waals surface area contributed by atoms with Crippen LogP contribution < -0.4 is 10.1 Å². The van der Waals surface area contributed by atoms with Crippen molar-refractivity contribution in [3.8, 4) is 5.75 Å². The Morgan fingerprint density at radius 1 is 0.932 bits per heavy atom. The molecule has 7 rings (SSSR count). The van der Waals surface area contributed by atoms with Gasteiger partial charge in [0, 0.05) is 24.0 Å². The summed E-state index contributed by atoms with van der Waals surface area (Å²) in [5.74, 6) is -4.15. The maximum Gasteiger partial charge on any atom is 0.329 e. The zero-order valence-electron chi connectivity index (χ0n) is 24.2. The van der Waals surface area contributed by atoms with E-state index in [4.69, 9.17) is 9.47 Å². The van der Waals surface area contributed by atoms with Gasteiger partial charge in [0.15, 0.2) is 6.61 Å². The molecule has 1 saturated heterocycles. The molecule has 1 heterocycles. The number of benzene rings is 3. The second-order valence-electron chi connectivity index (χ2n) is 11.3. The molecule has 0 aromatic heterocycles. The van der Waals surface area contributed by atoms with Gasteiger partial charge in [-0.25, -0.2) is 4.79 Å². The molecule has 11 heteroatoms. The van der Waals surface area contributed by atoms with Crippen molar-refractivity contribution in [3.63, 3.8) is 0 Å². The van der Waals surface area contributed by atoms with Crippen molar-refractivity contribution in [2.24, 2.45) is 11.8 Å². The first-order valence-electron chi connectivity index (χ1n) is 14.6. The van der Waals surface area contributed by atoms with Crippen LogP contribution in [0.3, 0.4) is 0 Å². The predicted molar refractivity (Wildman–Crippen MR) is 158 cm³/mol. The van der Waals surface area contributed by atoms with E-state index in [1.165, 1.54) is 25.3 Å². The molecule has 3 aromatic rings. The van der Waals surface area contributed by atoms with Crippen molar-refractivity contribution >= 4 is 35.1 Å². The summed E-state index contributed by atoms with van der Waals surface area (Å²) in [6, 6.07) is 18.4. The number of methoxy groups -OCH3 is 1. The molecule has 2 bridgehead atoms. The maximum absolute atomic E-state index is 14.2. The van der Waals surface area contributed by atoms with Gasteiger partial charge in [-0.3, -0.25) is 29.4 Å². The minimum absolute atomic E-state index is 0.124. The van der Waals surface area contributed by atoms with Crippen LogP contribution in [0.5, 0.6) is 5.75 Å². The number of imide groups is 1. The molecule has 1 aliphatic heterocycles. The Morgan fingerprint density at radius 3 is 1.95 bits per heavy atom. The second kappa shape index (κ2) is 11.6. The summed E-state index contributed by atoms with van der Waals surface area (Å²) in [6.45, 7) is 1.17. The first-order valence-corrected chi connectivity index (χ1v) is 14.6. The fourth-order valence-corrected chi connectivity index (χ4v) is 7.08. The van der Waals surface area contributed by atoms with Crippen LogP contribution in [0.1, 0.15) is 60.3 Å². The number of amides is 3. The summed E-state index contributed by atoms with van der Waals surface area (Å²) >= 11 is 0. The molecule has 0 unspecified atom stereocenters. The average Bonchev–Trinajstić information content (AvgIpc) is 3.29. The van der Waals surface area contributed by atoms with E-state index in [-0.39, 0.29) is 35.4 Å². The minimum Gasteiger partial charge on any atom is -0.497 e. The number of likely N-dealkylation sites (tertiary alicyclic amines) is 1. The van der Waals surface area contributed by atoms with Crippen LogP contribution in [0, 0.1) is 22.0 Å². The van der Waals surface area contributed by atoms with Gasteiger partial charge >= 0.3 is 5.97 Å². The molecule has 44 heavy (non-hydrogen) atoms. The van der Waals surface area contributed by atoms with E-state index in [2.05, 4.69) is 5.32 Å². The van der Waals surface area contributed by atoms with Gasteiger partial charge in [0.25, 0.3) is 11.6 Å². The zero-order chi connectivity index (χ0) is 31.1. The highest BCUT2D eigenvalue weighted by atomic mass is 16.6.